The minimum Gasteiger partial charge on any atom is -0.358 e. The Morgan fingerprint density at radius 3 is 2.85 bits per heavy atom. The molecular weight excluding hydrogens is 342 g/mol. The first kappa shape index (κ1) is 16.8. The van der Waals surface area contributed by atoms with Crippen molar-refractivity contribution in [1.82, 2.24) is 30.3 Å². The van der Waals surface area contributed by atoms with Crippen LogP contribution in [0.4, 0.5) is 11.6 Å². The SMILES string of the molecule is CNC(=O)Cn1ccc(Nc2cc3[nH]ncc3c(Cc3ccccc3)n2)n1. The quantitative estimate of drug-likeness (QED) is 0.489. The van der Waals surface area contributed by atoms with Gasteiger partial charge >= 0.3 is 0 Å². The third-order valence-corrected chi connectivity index (χ3v) is 4.21. The number of aromatic amines is 1. The second kappa shape index (κ2) is 7.28. The van der Waals surface area contributed by atoms with Crippen LogP contribution < -0.4 is 10.6 Å². The van der Waals surface area contributed by atoms with Gasteiger partial charge in [0.1, 0.15) is 12.4 Å². The van der Waals surface area contributed by atoms with Crippen molar-refractivity contribution < 1.29 is 4.79 Å². The molecular formula is C19H19N7O. The molecule has 0 aliphatic rings. The van der Waals surface area contributed by atoms with Gasteiger partial charge in [-0.3, -0.25) is 14.6 Å². The van der Waals surface area contributed by atoms with E-state index < -0.39 is 0 Å². The lowest BCUT2D eigenvalue weighted by Crippen LogP contribution is -2.23. The van der Waals surface area contributed by atoms with Gasteiger partial charge in [-0.1, -0.05) is 30.3 Å². The van der Waals surface area contributed by atoms with Crippen molar-refractivity contribution in [2.45, 2.75) is 13.0 Å². The fraction of sp³-hybridized carbons (Fsp3) is 0.158. The lowest BCUT2D eigenvalue weighted by atomic mass is 10.1. The normalized spacial score (nSPS) is 10.9. The first-order valence-electron chi connectivity index (χ1n) is 8.59. The minimum atomic E-state index is -0.105. The average molecular weight is 361 g/mol. The highest BCUT2D eigenvalue weighted by atomic mass is 16.1. The molecule has 4 rings (SSSR count). The van der Waals surface area contributed by atoms with Crippen molar-refractivity contribution in [3.05, 3.63) is 66.1 Å². The van der Waals surface area contributed by atoms with Crippen molar-refractivity contribution in [2.75, 3.05) is 12.4 Å². The van der Waals surface area contributed by atoms with Crippen LogP contribution >= 0.6 is 0 Å². The van der Waals surface area contributed by atoms with Crippen molar-refractivity contribution in [3.8, 4) is 0 Å². The number of nitrogens with one attached hydrogen (secondary N) is 3. The molecule has 0 saturated heterocycles. The van der Waals surface area contributed by atoms with Crippen molar-refractivity contribution >= 4 is 28.4 Å². The van der Waals surface area contributed by atoms with Gasteiger partial charge in [-0.15, -0.1) is 0 Å². The second-order valence-electron chi connectivity index (χ2n) is 6.14. The fourth-order valence-corrected chi connectivity index (χ4v) is 2.87. The van der Waals surface area contributed by atoms with Crippen LogP contribution in [0.25, 0.3) is 10.9 Å². The van der Waals surface area contributed by atoms with Gasteiger partial charge in [-0.25, -0.2) is 4.98 Å². The molecule has 0 atom stereocenters. The zero-order chi connectivity index (χ0) is 18.6. The van der Waals surface area contributed by atoms with Gasteiger partial charge in [-0.2, -0.15) is 10.2 Å². The summed E-state index contributed by atoms with van der Waals surface area (Å²) in [5.41, 5.74) is 3.02. The monoisotopic (exact) mass is 361 g/mol. The maximum atomic E-state index is 11.5. The second-order valence-corrected chi connectivity index (χ2v) is 6.14. The zero-order valence-corrected chi connectivity index (χ0v) is 14.8. The molecule has 3 N–H and O–H groups in total. The Kier molecular flexibility index (Phi) is 4.52. The number of rotatable bonds is 6. The number of hydrogen-bond acceptors (Lipinski definition) is 5. The average Bonchev–Trinajstić information content (AvgIpc) is 3.32. The van der Waals surface area contributed by atoms with Crippen LogP contribution in [0.5, 0.6) is 0 Å². The molecule has 0 radical (unpaired) electrons. The zero-order valence-electron chi connectivity index (χ0n) is 14.8. The minimum absolute atomic E-state index is 0.105. The third kappa shape index (κ3) is 3.79. The summed E-state index contributed by atoms with van der Waals surface area (Å²) in [6.07, 6.45) is 4.25. The number of H-pyrrole nitrogens is 1. The van der Waals surface area contributed by atoms with Crippen LogP contribution in [-0.2, 0) is 17.8 Å². The molecule has 0 fully saturated rings. The molecule has 0 aliphatic carbocycles. The van der Waals surface area contributed by atoms with E-state index in [4.69, 9.17) is 4.98 Å². The van der Waals surface area contributed by atoms with E-state index in [9.17, 15) is 4.79 Å². The Hall–Kier alpha value is -3.68. The first-order chi connectivity index (χ1) is 13.2. The number of carbonyl (C=O) groups excluding carboxylic acids is 1. The topological polar surface area (TPSA) is 101 Å². The Morgan fingerprint density at radius 1 is 1.19 bits per heavy atom. The van der Waals surface area contributed by atoms with Crippen molar-refractivity contribution in [3.63, 3.8) is 0 Å². The highest BCUT2D eigenvalue weighted by molar-refractivity contribution is 5.83. The molecule has 8 nitrogen and oxygen atoms in total. The molecule has 4 aromatic rings. The fourth-order valence-electron chi connectivity index (χ4n) is 2.87. The van der Waals surface area contributed by atoms with Gasteiger partial charge in [-0.05, 0) is 5.56 Å². The summed E-state index contributed by atoms with van der Waals surface area (Å²) in [6.45, 7) is 0.171. The third-order valence-electron chi connectivity index (χ3n) is 4.21. The van der Waals surface area contributed by atoms with E-state index in [2.05, 4.69) is 38.1 Å². The van der Waals surface area contributed by atoms with Crippen LogP contribution in [0, 0.1) is 0 Å². The largest absolute Gasteiger partial charge is 0.358 e. The number of amides is 1. The van der Waals surface area contributed by atoms with E-state index in [-0.39, 0.29) is 12.5 Å². The van der Waals surface area contributed by atoms with Crippen LogP contribution in [0.15, 0.2) is 54.9 Å². The highest BCUT2D eigenvalue weighted by Gasteiger charge is 2.10. The standard InChI is InChI=1S/C19H19N7O/c1-20-19(27)12-26-8-7-17(25-26)23-18-10-16-14(11-21-24-16)15(22-18)9-13-5-3-2-4-6-13/h2-8,10-11H,9,12H2,1H3,(H,20,27)(H,21,24)(H,22,23,25). The number of hydrogen-bond donors (Lipinski definition) is 3. The lowest BCUT2D eigenvalue weighted by molar-refractivity contribution is -0.121. The van der Waals surface area contributed by atoms with Gasteiger partial charge in [0, 0.05) is 37.2 Å². The first-order valence-corrected chi connectivity index (χ1v) is 8.59. The summed E-state index contributed by atoms with van der Waals surface area (Å²) in [6, 6.07) is 13.9. The predicted molar refractivity (Wildman–Crippen MR) is 103 cm³/mol. The molecule has 1 aromatic carbocycles. The summed E-state index contributed by atoms with van der Waals surface area (Å²) in [5.74, 6) is 1.19. The maximum Gasteiger partial charge on any atom is 0.241 e. The Morgan fingerprint density at radius 2 is 2.04 bits per heavy atom. The van der Waals surface area contributed by atoms with E-state index in [1.807, 2.05) is 24.3 Å². The number of anilines is 2. The van der Waals surface area contributed by atoms with E-state index in [1.165, 1.54) is 5.56 Å². The summed E-state index contributed by atoms with van der Waals surface area (Å²) < 4.78 is 1.57. The number of benzene rings is 1. The predicted octanol–water partition coefficient (Wildman–Crippen LogP) is 2.23. The van der Waals surface area contributed by atoms with Crippen LogP contribution in [-0.4, -0.2) is 37.9 Å². The highest BCUT2D eigenvalue weighted by Crippen LogP contribution is 2.23. The summed E-state index contributed by atoms with van der Waals surface area (Å²) in [4.78, 5) is 16.2. The number of carbonyl (C=O) groups is 1. The lowest BCUT2D eigenvalue weighted by Gasteiger charge is -2.08. The van der Waals surface area contributed by atoms with E-state index in [0.29, 0.717) is 18.1 Å². The van der Waals surface area contributed by atoms with Gasteiger partial charge in [0.25, 0.3) is 0 Å². The summed E-state index contributed by atoms with van der Waals surface area (Å²) in [5, 5.41) is 18.3. The number of fused-ring (bicyclic) bond motifs is 1. The molecule has 0 spiro atoms. The summed E-state index contributed by atoms with van der Waals surface area (Å²) >= 11 is 0. The van der Waals surface area contributed by atoms with Crippen molar-refractivity contribution in [2.24, 2.45) is 0 Å². The molecule has 8 heteroatoms. The molecule has 3 aromatic heterocycles. The maximum absolute atomic E-state index is 11.5. The van der Waals surface area contributed by atoms with Gasteiger partial charge in [0.05, 0.1) is 17.4 Å². The Bertz CT molecular complexity index is 1070. The summed E-state index contributed by atoms with van der Waals surface area (Å²) in [7, 11) is 1.60. The van der Waals surface area contributed by atoms with Gasteiger partial charge in [0.2, 0.25) is 5.91 Å². The smallest absolute Gasteiger partial charge is 0.241 e. The van der Waals surface area contributed by atoms with Crippen LogP contribution in [0.2, 0.25) is 0 Å². The van der Waals surface area contributed by atoms with Crippen LogP contribution in [0.1, 0.15) is 11.3 Å². The molecule has 3 heterocycles. The number of nitrogens with zero attached hydrogens (tertiary/aromatic N) is 4. The van der Waals surface area contributed by atoms with E-state index >= 15 is 0 Å². The molecule has 136 valence electrons. The molecule has 1 amide bonds. The van der Waals surface area contributed by atoms with E-state index in [1.54, 1.807) is 30.2 Å². The van der Waals surface area contributed by atoms with Crippen molar-refractivity contribution in [1.29, 1.82) is 0 Å². The molecule has 0 bridgehead atoms. The van der Waals surface area contributed by atoms with Gasteiger partial charge in [0.15, 0.2) is 5.82 Å². The van der Waals surface area contributed by atoms with E-state index in [0.717, 1.165) is 16.6 Å². The number of likely N-dealkylation sites (N-methyl/N-ethyl adjacent to an activating group) is 1. The Balaban J connectivity index is 1.60. The molecule has 27 heavy (non-hydrogen) atoms. The Labute approximate surface area is 155 Å². The van der Waals surface area contributed by atoms with Crippen LogP contribution in [0.3, 0.4) is 0 Å². The molecule has 0 saturated carbocycles. The molecule has 0 unspecified atom stereocenters. The number of pyridine rings is 1. The molecule has 0 aliphatic heterocycles. The number of aromatic nitrogens is 5. The van der Waals surface area contributed by atoms with Gasteiger partial charge < -0.3 is 10.6 Å².